The summed E-state index contributed by atoms with van der Waals surface area (Å²) in [5.41, 5.74) is 1.50. The standard InChI is InChI=1S/C12H5Cl2FN2S/c13-7-2-1-6(3-8(7)15)10-4-9-11(18-10)12(14)17-5-16-9/h1-5H. The Morgan fingerprint density at radius 3 is 2.67 bits per heavy atom. The second kappa shape index (κ2) is 4.46. The van der Waals surface area contributed by atoms with Gasteiger partial charge in [-0.15, -0.1) is 11.3 Å². The molecule has 0 spiro atoms. The van der Waals surface area contributed by atoms with E-state index in [1.165, 1.54) is 29.8 Å². The molecule has 0 saturated carbocycles. The van der Waals surface area contributed by atoms with Crippen molar-refractivity contribution in [3.05, 3.63) is 46.6 Å². The van der Waals surface area contributed by atoms with Gasteiger partial charge in [-0.05, 0) is 23.8 Å². The SMILES string of the molecule is Fc1cc(-c2cc3ncnc(Cl)c3s2)ccc1Cl. The van der Waals surface area contributed by atoms with Crippen LogP contribution in [0.5, 0.6) is 0 Å². The van der Waals surface area contributed by atoms with Crippen LogP contribution >= 0.6 is 34.5 Å². The maximum Gasteiger partial charge on any atom is 0.150 e. The number of thiophene rings is 1. The molecule has 0 amide bonds. The van der Waals surface area contributed by atoms with E-state index < -0.39 is 5.82 Å². The highest BCUT2D eigenvalue weighted by atomic mass is 35.5. The Morgan fingerprint density at radius 1 is 1.11 bits per heavy atom. The summed E-state index contributed by atoms with van der Waals surface area (Å²) in [4.78, 5) is 8.92. The van der Waals surface area contributed by atoms with Crippen LogP contribution in [0.25, 0.3) is 20.7 Å². The summed E-state index contributed by atoms with van der Waals surface area (Å²) >= 11 is 13.1. The molecule has 2 nitrogen and oxygen atoms in total. The number of hydrogen-bond donors (Lipinski definition) is 0. The van der Waals surface area contributed by atoms with Crippen molar-refractivity contribution in [2.75, 3.05) is 0 Å². The van der Waals surface area contributed by atoms with Crippen LogP contribution in [0, 0.1) is 5.82 Å². The van der Waals surface area contributed by atoms with E-state index in [0.29, 0.717) is 5.15 Å². The molecule has 2 aromatic heterocycles. The van der Waals surface area contributed by atoms with Gasteiger partial charge in [-0.25, -0.2) is 14.4 Å². The number of benzene rings is 1. The number of fused-ring (bicyclic) bond motifs is 1. The normalized spacial score (nSPS) is 11.1. The molecule has 0 radical (unpaired) electrons. The summed E-state index contributed by atoms with van der Waals surface area (Å²) in [6.07, 6.45) is 1.41. The highest BCUT2D eigenvalue weighted by molar-refractivity contribution is 7.22. The molecule has 2 heterocycles. The molecule has 3 aromatic rings. The largest absolute Gasteiger partial charge is 0.235 e. The van der Waals surface area contributed by atoms with Gasteiger partial charge in [-0.2, -0.15) is 0 Å². The molecule has 0 unspecified atom stereocenters. The Hall–Kier alpha value is -1.23. The van der Waals surface area contributed by atoms with Crippen molar-refractivity contribution in [1.82, 2.24) is 9.97 Å². The van der Waals surface area contributed by atoms with Crippen LogP contribution in [-0.4, -0.2) is 9.97 Å². The smallest absolute Gasteiger partial charge is 0.150 e. The second-order valence-corrected chi connectivity index (χ2v) is 5.44. The van der Waals surface area contributed by atoms with E-state index >= 15 is 0 Å². The molecule has 0 fully saturated rings. The highest BCUT2D eigenvalue weighted by Crippen LogP contribution is 2.36. The van der Waals surface area contributed by atoms with Gasteiger partial charge in [0.05, 0.1) is 15.2 Å². The van der Waals surface area contributed by atoms with Crippen molar-refractivity contribution in [2.45, 2.75) is 0 Å². The van der Waals surface area contributed by atoms with Crippen molar-refractivity contribution in [3.8, 4) is 10.4 Å². The molecule has 6 heteroatoms. The lowest BCUT2D eigenvalue weighted by Gasteiger charge is -1.98. The topological polar surface area (TPSA) is 25.8 Å². The van der Waals surface area contributed by atoms with Gasteiger partial charge in [-0.1, -0.05) is 29.3 Å². The van der Waals surface area contributed by atoms with Crippen LogP contribution in [0.15, 0.2) is 30.6 Å². The summed E-state index contributed by atoms with van der Waals surface area (Å²) in [5.74, 6) is -0.441. The van der Waals surface area contributed by atoms with Gasteiger partial charge in [0.2, 0.25) is 0 Å². The lowest BCUT2D eigenvalue weighted by atomic mass is 10.2. The molecule has 0 aliphatic heterocycles. The van der Waals surface area contributed by atoms with Gasteiger partial charge in [0.15, 0.2) is 0 Å². The third kappa shape index (κ3) is 1.96. The first-order valence-electron chi connectivity index (χ1n) is 5.00. The highest BCUT2D eigenvalue weighted by Gasteiger charge is 2.10. The average Bonchev–Trinajstić information content (AvgIpc) is 2.78. The minimum absolute atomic E-state index is 0.109. The lowest BCUT2D eigenvalue weighted by molar-refractivity contribution is 0.629. The van der Waals surface area contributed by atoms with E-state index in [-0.39, 0.29) is 5.02 Å². The first-order chi connectivity index (χ1) is 8.65. The number of halogens is 3. The molecule has 0 saturated heterocycles. The molecule has 0 N–H and O–H groups in total. The predicted octanol–water partition coefficient (Wildman–Crippen LogP) is 4.80. The van der Waals surface area contributed by atoms with Crippen LogP contribution < -0.4 is 0 Å². The Bertz CT molecular complexity index is 742. The van der Waals surface area contributed by atoms with Crippen molar-refractivity contribution in [3.63, 3.8) is 0 Å². The number of rotatable bonds is 1. The first-order valence-corrected chi connectivity index (χ1v) is 6.58. The molecule has 0 atom stereocenters. The predicted molar refractivity (Wildman–Crippen MR) is 72.8 cm³/mol. The summed E-state index contributed by atoms with van der Waals surface area (Å²) in [6, 6.07) is 6.55. The van der Waals surface area contributed by atoms with E-state index in [4.69, 9.17) is 23.2 Å². The van der Waals surface area contributed by atoms with Gasteiger partial charge in [0, 0.05) is 4.88 Å². The fourth-order valence-electron chi connectivity index (χ4n) is 1.62. The third-order valence-electron chi connectivity index (χ3n) is 2.47. The minimum Gasteiger partial charge on any atom is -0.235 e. The van der Waals surface area contributed by atoms with Gasteiger partial charge in [0.25, 0.3) is 0 Å². The molecule has 18 heavy (non-hydrogen) atoms. The molecule has 90 valence electrons. The molecular weight excluding hydrogens is 294 g/mol. The van der Waals surface area contributed by atoms with Gasteiger partial charge < -0.3 is 0 Å². The van der Waals surface area contributed by atoms with E-state index in [2.05, 4.69) is 9.97 Å². The average molecular weight is 299 g/mol. The third-order valence-corrected chi connectivity index (χ3v) is 4.36. The van der Waals surface area contributed by atoms with E-state index in [9.17, 15) is 4.39 Å². The summed E-state index contributed by atoms with van der Waals surface area (Å²) in [7, 11) is 0. The molecule has 0 aliphatic rings. The number of aromatic nitrogens is 2. The van der Waals surface area contributed by atoms with Crippen molar-refractivity contribution >= 4 is 44.8 Å². The monoisotopic (exact) mass is 298 g/mol. The van der Waals surface area contributed by atoms with Gasteiger partial charge >= 0.3 is 0 Å². The number of hydrogen-bond acceptors (Lipinski definition) is 3. The van der Waals surface area contributed by atoms with Crippen molar-refractivity contribution in [1.29, 1.82) is 0 Å². The zero-order valence-corrected chi connectivity index (χ0v) is 11.2. The molecule has 1 aromatic carbocycles. The van der Waals surface area contributed by atoms with Crippen molar-refractivity contribution < 1.29 is 4.39 Å². The van der Waals surface area contributed by atoms with Gasteiger partial charge in [-0.3, -0.25) is 0 Å². The van der Waals surface area contributed by atoms with E-state index in [0.717, 1.165) is 20.7 Å². The summed E-state index contributed by atoms with van der Waals surface area (Å²) in [5, 5.41) is 0.517. The fourth-order valence-corrected chi connectivity index (χ4v) is 2.98. The first kappa shape index (κ1) is 11.8. The Morgan fingerprint density at radius 2 is 1.94 bits per heavy atom. The fraction of sp³-hybridized carbons (Fsp3) is 0. The van der Waals surface area contributed by atoms with Gasteiger partial charge in [0.1, 0.15) is 17.3 Å². The summed E-state index contributed by atoms with van der Waals surface area (Å²) < 4.78 is 14.2. The Balaban J connectivity index is 2.19. The van der Waals surface area contributed by atoms with E-state index in [1.807, 2.05) is 6.07 Å². The maximum absolute atomic E-state index is 13.4. The van der Waals surface area contributed by atoms with E-state index in [1.54, 1.807) is 6.07 Å². The minimum atomic E-state index is -0.441. The van der Waals surface area contributed by atoms with Crippen LogP contribution in [0.4, 0.5) is 4.39 Å². The van der Waals surface area contributed by atoms with Crippen molar-refractivity contribution in [2.24, 2.45) is 0 Å². The molecule has 0 bridgehead atoms. The maximum atomic E-state index is 13.4. The quantitative estimate of drug-likeness (QED) is 0.603. The Labute approximate surface area is 116 Å². The second-order valence-electron chi connectivity index (χ2n) is 3.62. The van der Waals surface area contributed by atoms with Crippen LogP contribution in [-0.2, 0) is 0 Å². The van der Waals surface area contributed by atoms with Crippen LogP contribution in [0.2, 0.25) is 10.2 Å². The molecular formula is C12H5Cl2FN2S. The zero-order chi connectivity index (χ0) is 12.7. The molecule has 3 rings (SSSR count). The van der Waals surface area contributed by atoms with Crippen LogP contribution in [0.3, 0.4) is 0 Å². The number of nitrogens with zero attached hydrogens (tertiary/aromatic N) is 2. The Kier molecular flexibility index (Phi) is 2.93. The lowest BCUT2D eigenvalue weighted by Crippen LogP contribution is -1.78. The zero-order valence-electron chi connectivity index (χ0n) is 8.82. The summed E-state index contributed by atoms with van der Waals surface area (Å²) in [6.45, 7) is 0. The molecule has 0 aliphatic carbocycles. The van der Waals surface area contributed by atoms with Crippen LogP contribution in [0.1, 0.15) is 0 Å².